The summed E-state index contributed by atoms with van der Waals surface area (Å²) in [5.41, 5.74) is 0. The van der Waals surface area contributed by atoms with E-state index in [0.717, 1.165) is 37.0 Å². The van der Waals surface area contributed by atoms with Crippen molar-refractivity contribution in [2.24, 2.45) is 5.92 Å². The minimum absolute atomic E-state index is 0.144. The molecule has 2 aliphatic rings. The summed E-state index contributed by atoms with van der Waals surface area (Å²) in [5, 5.41) is 17.7. The Morgan fingerprint density at radius 1 is 0.952 bits per heavy atom. The first-order valence-corrected chi connectivity index (χ1v) is 7.48. The van der Waals surface area contributed by atoms with Crippen LogP contribution in [0.3, 0.4) is 0 Å². The Hall–Kier alpha value is -1.79. The number of aliphatic carboxylic acids is 2. The summed E-state index contributed by atoms with van der Waals surface area (Å²) in [7, 11) is 0. The van der Waals surface area contributed by atoms with Crippen LogP contribution in [0.4, 0.5) is 4.79 Å². The molecule has 0 aromatic rings. The van der Waals surface area contributed by atoms with E-state index >= 15 is 0 Å². The van der Waals surface area contributed by atoms with Crippen molar-refractivity contribution in [1.29, 1.82) is 0 Å². The number of rotatable bonds is 4. The molecule has 1 saturated carbocycles. The second kappa shape index (κ2) is 6.78. The Morgan fingerprint density at radius 2 is 1.52 bits per heavy atom. The lowest BCUT2D eigenvalue weighted by Gasteiger charge is -2.45. The summed E-state index contributed by atoms with van der Waals surface area (Å²) in [4.78, 5) is 36.9. The third kappa shape index (κ3) is 3.86. The number of fused-ring (bicyclic) bond motifs is 1. The molecule has 2 N–H and O–H groups in total. The molecule has 1 aliphatic carbocycles. The number of amides is 2. The second-order valence-electron chi connectivity index (χ2n) is 5.87. The van der Waals surface area contributed by atoms with E-state index in [1.807, 2.05) is 0 Å². The lowest BCUT2D eigenvalue weighted by Crippen LogP contribution is -2.55. The number of hydrogen-bond donors (Lipinski definition) is 2. The van der Waals surface area contributed by atoms with E-state index in [1.165, 1.54) is 6.42 Å². The van der Waals surface area contributed by atoms with Crippen LogP contribution < -0.4 is 0 Å². The second-order valence-corrected chi connectivity index (χ2v) is 5.87. The van der Waals surface area contributed by atoms with Gasteiger partial charge in [-0.25, -0.2) is 4.79 Å². The van der Waals surface area contributed by atoms with Crippen molar-refractivity contribution in [3.63, 3.8) is 0 Å². The lowest BCUT2D eigenvalue weighted by molar-refractivity contribution is -0.140. The van der Waals surface area contributed by atoms with Crippen LogP contribution in [-0.2, 0) is 9.59 Å². The molecule has 21 heavy (non-hydrogen) atoms. The maximum atomic E-state index is 12.5. The monoisotopic (exact) mass is 298 g/mol. The highest BCUT2D eigenvalue weighted by atomic mass is 16.4. The van der Waals surface area contributed by atoms with E-state index in [-0.39, 0.29) is 6.04 Å². The van der Waals surface area contributed by atoms with Gasteiger partial charge in [-0.05, 0) is 31.6 Å². The van der Waals surface area contributed by atoms with Crippen LogP contribution in [0.1, 0.15) is 38.5 Å². The fraction of sp³-hybridized carbons (Fsp3) is 0.786. The highest BCUT2D eigenvalue weighted by Gasteiger charge is 2.38. The quantitative estimate of drug-likeness (QED) is 0.813. The highest BCUT2D eigenvalue weighted by Crippen LogP contribution is 2.35. The minimum atomic E-state index is -1.19. The number of likely N-dealkylation sites (tertiary alicyclic amines) is 1. The molecule has 1 aliphatic heterocycles. The van der Waals surface area contributed by atoms with Gasteiger partial charge in [-0.15, -0.1) is 0 Å². The molecule has 2 fully saturated rings. The molecule has 0 aromatic carbocycles. The number of carbonyl (C=O) groups excluding carboxylic acids is 1. The highest BCUT2D eigenvalue weighted by molar-refractivity contribution is 5.84. The zero-order chi connectivity index (χ0) is 15.4. The number of carbonyl (C=O) groups is 3. The van der Waals surface area contributed by atoms with Crippen molar-refractivity contribution >= 4 is 18.0 Å². The summed E-state index contributed by atoms with van der Waals surface area (Å²) in [6, 6.07) is -0.304. The van der Waals surface area contributed by atoms with E-state index in [4.69, 9.17) is 10.2 Å². The Labute approximate surface area is 123 Å². The van der Waals surface area contributed by atoms with Gasteiger partial charge in [0.25, 0.3) is 0 Å². The van der Waals surface area contributed by atoms with Crippen LogP contribution in [0, 0.1) is 5.92 Å². The van der Waals surface area contributed by atoms with E-state index in [2.05, 4.69) is 0 Å². The molecule has 1 heterocycles. The van der Waals surface area contributed by atoms with Gasteiger partial charge in [-0.2, -0.15) is 0 Å². The molecule has 0 unspecified atom stereocenters. The van der Waals surface area contributed by atoms with Gasteiger partial charge in [0.2, 0.25) is 0 Å². The molecule has 7 nitrogen and oxygen atoms in total. The molecule has 0 radical (unpaired) electrons. The average Bonchev–Trinajstić information content (AvgIpc) is 2.44. The Balaban J connectivity index is 2.10. The number of piperidine rings is 1. The van der Waals surface area contributed by atoms with Gasteiger partial charge in [-0.3, -0.25) is 9.59 Å². The third-order valence-electron chi connectivity index (χ3n) is 4.41. The Kier molecular flexibility index (Phi) is 5.03. The molecule has 7 heteroatoms. The largest absolute Gasteiger partial charge is 0.480 e. The molecular formula is C14H22N2O5. The SMILES string of the molecule is O=C(O)CN(CC(=O)O)C(=O)N1CCC[C@H]2CCCC[C@H]21. The van der Waals surface area contributed by atoms with Gasteiger partial charge in [0, 0.05) is 12.6 Å². The molecule has 1 saturated heterocycles. The maximum absolute atomic E-state index is 12.5. The smallest absolute Gasteiger partial charge is 0.323 e. The number of hydrogen-bond acceptors (Lipinski definition) is 3. The summed E-state index contributed by atoms with van der Waals surface area (Å²) < 4.78 is 0. The molecule has 118 valence electrons. The standard InChI is InChI=1S/C14H22N2O5/c17-12(18)8-15(9-13(19)20)14(21)16-7-3-5-10-4-1-2-6-11(10)16/h10-11H,1-9H2,(H,17,18)(H,19,20)/t10-,11-/m1/s1. The summed E-state index contributed by atoms with van der Waals surface area (Å²) in [5.74, 6) is -1.91. The molecule has 2 atom stereocenters. The zero-order valence-corrected chi connectivity index (χ0v) is 12.0. The van der Waals surface area contributed by atoms with Crippen molar-refractivity contribution in [1.82, 2.24) is 9.80 Å². The number of carboxylic acids is 2. The fourth-order valence-electron chi connectivity index (χ4n) is 3.56. The molecule has 0 spiro atoms. The maximum Gasteiger partial charge on any atom is 0.323 e. The summed E-state index contributed by atoms with van der Waals surface area (Å²) >= 11 is 0. The van der Waals surface area contributed by atoms with Gasteiger partial charge in [-0.1, -0.05) is 12.8 Å². The van der Waals surface area contributed by atoms with Gasteiger partial charge < -0.3 is 20.0 Å². The van der Waals surface area contributed by atoms with Crippen molar-refractivity contribution in [2.45, 2.75) is 44.6 Å². The zero-order valence-electron chi connectivity index (χ0n) is 12.0. The normalized spacial score (nSPS) is 25.0. The Bertz CT molecular complexity index is 408. The first-order chi connectivity index (χ1) is 9.99. The summed E-state index contributed by atoms with van der Waals surface area (Å²) in [6.07, 6.45) is 6.30. The molecule has 0 bridgehead atoms. The van der Waals surface area contributed by atoms with Gasteiger partial charge in [0.05, 0.1) is 0 Å². The third-order valence-corrected chi connectivity index (χ3v) is 4.41. The van der Waals surface area contributed by atoms with Crippen LogP contribution in [0.5, 0.6) is 0 Å². The average molecular weight is 298 g/mol. The van der Waals surface area contributed by atoms with Gasteiger partial charge in [0.15, 0.2) is 0 Å². The van der Waals surface area contributed by atoms with Crippen LogP contribution in [0.2, 0.25) is 0 Å². The summed E-state index contributed by atoms with van der Waals surface area (Å²) in [6.45, 7) is -0.548. The fourth-order valence-corrected chi connectivity index (χ4v) is 3.56. The van der Waals surface area contributed by atoms with E-state index < -0.39 is 31.1 Å². The molecule has 2 amide bonds. The van der Waals surface area contributed by atoms with Crippen LogP contribution >= 0.6 is 0 Å². The lowest BCUT2D eigenvalue weighted by atomic mass is 9.78. The van der Waals surface area contributed by atoms with E-state index in [0.29, 0.717) is 12.5 Å². The Morgan fingerprint density at radius 3 is 2.14 bits per heavy atom. The van der Waals surface area contributed by atoms with E-state index in [1.54, 1.807) is 4.90 Å². The predicted octanol–water partition coefficient (Wildman–Crippen LogP) is 1.23. The van der Waals surface area contributed by atoms with Gasteiger partial charge >= 0.3 is 18.0 Å². The van der Waals surface area contributed by atoms with Crippen LogP contribution in [0.15, 0.2) is 0 Å². The topological polar surface area (TPSA) is 98.1 Å². The van der Waals surface area contributed by atoms with Gasteiger partial charge in [0.1, 0.15) is 13.1 Å². The first-order valence-electron chi connectivity index (χ1n) is 7.48. The number of nitrogens with zero attached hydrogens (tertiary/aromatic N) is 2. The van der Waals surface area contributed by atoms with Crippen molar-refractivity contribution < 1.29 is 24.6 Å². The number of urea groups is 1. The van der Waals surface area contributed by atoms with Crippen molar-refractivity contribution in [2.75, 3.05) is 19.6 Å². The molecular weight excluding hydrogens is 276 g/mol. The van der Waals surface area contributed by atoms with Crippen LogP contribution in [0.25, 0.3) is 0 Å². The van der Waals surface area contributed by atoms with Crippen molar-refractivity contribution in [3.05, 3.63) is 0 Å². The van der Waals surface area contributed by atoms with E-state index in [9.17, 15) is 14.4 Å². The molecule has 0 aromatic heterocycles. The van der Waals surface area contributed by atoms with Crippen LogP contribution in [-0.4, -0.2) is 63.7 Å². The minimum Gasteiger partial charge on any atom is -0.480 e. The van der Waals surface area contributed by atoms with Crippen molar-refractivity contribution in [3.8, 4) is 0 Å². The molecule has 2 rings (SSSR count). The first kappa shape index (κ1) is 15.6. The predicted molar refractivity (Wildman–Crippen MR) is 73.9 cm³/mol. The number of carboxylic acid groups (broad SMARTS) is 2.